The molecule has 0 unspecified atom stereocenters. The van der Waals surface area contributed by atoms with Crippen LogP contribution in [0.5, 0.6) is 0 Å². The number of anilines is 6. The highest BCUT2D eigenvalue weighted by molar-refractivity contribution is 7.00. The second-order valence-corrected chi connectivity index (χ2v) is 23.5. The Balaban J connectivity index is 1.28. The van der Waals surface area contributed by atoms with Gasteiger partial charge in [0.1, 0.15) is 5.58 Å². The minimum absolute atomic E-state index is 0.0385. The second kappa shape index (κ2) is 13.8. The van der Waals surface area contributed by atoms with E-state index in [4.69, 9.17) is 4.42 Å². The maximum Gasteiger partial charge on any atom is 0.297 e. The number of rotatable bonds is 3. The van der Waals surface area contributed by atoms with Crippen LogP contribution >= 0.6 is 0 Å². The Bertz CT molecular complexity index is 2960. The molecule has 3 heterocycles. The molecule has 0 radical (unpaired) electrons. The van der Waals surface area contributed by atoms with E-state index >= 15 is 0 Å². The van der Waals surface area contributed by atoms with E-state index < -0.39 is 0 Å². The molecule has 63 heavy (non-hydrogen) atoms. The zero-order valence-corrected chi connectivity index (χ0v) is 40.3. The van der Waals surface area contributed by atoms with Gasteiger partial charge in [-0.2, -0.15) is 0 Å². The van der Waals surface area contributed by atoms with Crippen LogP contribution in [0.1, 0.15) is 136 Å². The van der Waals surface area contributed by atoms with Gasteiger partial charge >= 0.3 is 0 Å². The third-order valence-corrected chi connectivity index (χ3v) is 14.8. The fraction of sp³-hybridized carbons (Fsp3) is 0.356. The van der Waals surface area contributed by atoms with Gasteiger partial charge in [-0.1, -0.05) is 151 Å². The molecule has 0 amide bonds. The van der Waals surface area contributed by atoms with Crippen molar-refractivity contribution in [3.63, 3.8) is 0 Å². The van der Waals surface area contributed by atoms with Gasteiger partial charge in [-0.05, 0) is 157 Å². The Labute approximate surface area is 377 Å². The van der Waals surface area contributed by atoms with Crippen molar-refractivity contribution in [2.24, 2.45) is 0 Å². The smallest absolute Gasteiger partial charge is 0.297 e. The van der Waals surface area contributed by atoms with Crippen molar-refractivity contribution < 1.29 is 4.42 Å². The highest BCUT2D eigenvalue weighted by Crippen LogP contribution is 2.51. The standard InChI is InChI=1S/C59H65BN2O/c1-36-31-49-52-50(32-36)62(43-25-26-45-46(35-43)59(13,14)30-29-58(45,11)12)53-44-33-38(37-15-18-39(19-16-37)55(2,3)4)17-28-51(44)63-54(53)60(52)47-34-41(57(8,9)10)22-27-48(47)61(49)42-23-20-40(21-24-42)56(5,6)7/h15-28,31-35H,29-30H2,1-14H3. The van der Waals surface area contributed by atoms with Crippen molar-refractivity contribution in [2.75, 3.05) is 9.80 Å². The van der Waals surface area contributed by atoms with Gasteiger partial charge < -0.3 is 14.2 Å². The monoisotopic (exact) mass is 829 g/mol. The number of fused-ring (bicyclic) bond motifs is 7. The highest BCUT2D eigenvalue weighted by atomic mass is 16.3. The van der Waals surface area contributed by atoms with Crippen molar-refractivity contribution >= 4 is 68.4 Å². The fourth-order valence-electron chi connectivity index (χ4n) is 10.8. The molecule has 1 aromatic heterocycles. The van der Waals surface area contributed by atoms with E-state index in [1.165, 1.54) is 90.3 Å². The minimum Gasteiger partial charge on any atom is -0.468 e. The molecule has 3 nitrogen and oxygen atoms in total. The molecule has 4 heteroatoms. The number of aryl methyl sites for hydroxylation is 1. The van der Waals surface area contributed by atoms with E-state index in [1.807, 2.05) is 0 Å². The third-order valence-electron chi connectivity index (χ3n) is 14.8. The first-order valence-corrected chi connectivity index (χ1v) is 23.3. The van der Waals surface area contributed by atoms with Gasteiger partial charge in [0.2, 0.25) is 0 Å². The topological polar surface area (TPSA) is 19.6 Å². The molecule has 0 atom stereocenters. The maximum atomic E-state index is 7.38. The summed E-state index contributed by atoms with van der Waals surface area (Å²) in [5, 5.41) is 1.14. The van der Waals surface area contributed by atoms with E-state index in [9.17, 15) is 0 Å². The number of hydrogen-bond donors (Lipinski definition) is 0. The van der Waals surface area contributed by atoms with E-state index in [0.29, 0.717) is 0 Å². The summed E-state index contributed by atoms with van der Waals surface area (Å²) in [6, 6.07) is 44.7. The average molecular weight is 829 g/mol. The Morgan fingerprint density at radius 1 is 0.508 bits per heavy atom. The largest absolute Gasteiger partial charge is 0.468 e. The summed E-state index contributed by atoms with van der Waals surface area (Å²) in [5.74, 6) is 0. The van der Waals surface area contributed by atoms with Gasteiger partial charge in [0.25, 0.3) is 6.71 Å². The molecular weight excluding hydrogens is 763 g/mol. The molecule has 320 valence electrons. The van der Waals surface area contributed by atoms with Crippen molar-refractivity contribution in [3.8, 4) is 11.1 Å². The van der Waals surface area contributed by atoms with Gasteiger partial charge in [-0.3, -0.25) is 0 Å². The van der Waals surface area contributed by atoms with E-state index in [2.05, 4.69) is 222 Å². The summed E-state index contributed by atoms with van der Waals surface area (Å²) in [6.45, 7) is 32.6. The summed E-state index contributed by atoms with van der Waals surface area (Å²) in [6.07, 6.45) is 2.34. The normalized spacial score (nSPS) is 16.4. The quantitative estimate of drug-likeness (QED) is 0.165. The summed E-state index contributed by atoms with van der Waals surface area (Å²) in [7, 11) is 0. The van der Waals surface area contributed by atoms with Crippen LogP contribution < -0.4 is 26.4 Å². The molecule has 0 N–H and O–H groups in total. The molecule has 0 fully saturated rings. The fourth-order valence-corrected chi connectivity index (χ4v) is 10.8. The highest BCUT2D eigenvalue weighted by Gasteiger charge is 2.48. The number of nitrogens with zero attached hydrogens (tertiary/aromatic N) is 2. The summed E-state index contributed by atoms with van der Waals surface area (Å²) >= 11 is 0. The zero-order chi connectivity index (χ0) is 44.8. The van der Waals surface area contributed by atoms with Crippen molar-refractivity contribution in [2.45, 2.75) is 137 Å². The predicted octanol–water partition coefficient (Wildman–Crippen LogP) is 14.7. The van der Waals surface area contributed by atoms with Crippen LogP contribution in [0.4, 0.5) is 34.1 Å². The van der Waals surface area contributed by atoms with E-state index in [-0.39, 0.29) is 33.8 Å². The van der Waals surface area contributed by atoms with Crippen LogP contribution in [0.25, 0.3) is 22.1 Å². The van der Waals surface area contributed by atoms with E-state index in [0.717, 1.165) is 28.7 Å². The van der Waals surface area contributed by atoms with Gasteiger partial charge in [0, 0.05) is 33.8 Å². The SMILES string of the molecule is Cc1cc2c3c(c1)N(c1ccc4c(c1)C(C)(C)CCC4(C)C)c1c(oc4ccc(-c5ccc(C(C)(C)C)cc5)cc14)B3c1cc(C(C)(C)C)ccc1N2c1ccc(C(C)(C)C)cc1. The van der Waals surface area contributed by atoms with Crippen LogP contribution in [0.15, 0.2) is 120 Å². The van der Waals surface area contributed by atoms with Crippen molar-refractivity contribution in [3.05, 3.63) is 149 Å². The summed E-state index contributed by atoms with van der Waals surface area (Å²) in [5.41, 5.74) is 22.5. The minimum atomic E-state index is -0.112. The molecule has 7 aromatic rings. The Hall–Kier alpha value is -5.48. The molecule has 0 saturated heterocycles. The second-order valence-electron chi connectivity index (χ2n) is 23.5. The molecular formula is C59H65BN2O. The molecule has 0 spiro atoms. The van der Waals surface area contributed by atoms with Crippen molar-refractivity contribution in [1.29, 1.82) is 0 Å². The summed E-state index contributed by atoms with van der Waals surface area (Å²) in [4.78, 5) is 5.10. The molecule has 0 bridgehead atoms. The van der Waals surface area contributed by atoms with Gasteiger partial charge in [0.15, 0.2) is 0 Å². The number of furan rings is 1. The van der Waals surface area contributed by atoms with Crippen LogP contribution in [0.3, 0.4) is 0 Å². The van der Waals surface area contributed by atoms with Crippen molar-refractivity contribution in [1.82, 2.24) is 0 Å². The molecule has 1 aliphatic carbocycles. The molecule has 3 aliphatic rings. The third kappa shape index (κ3) is 6.69. The first-order chi connectivity index (χ1) is 29.5. The first-order valence-electron chi connectivity index (χ1n) is 23.3. The van der Waals surface area contributed by atoms with Gasteiger partial charge in [-0.15, -0.1) is 0 Å². The molecule has 6 aromatic carbocycles. The van der Waals surface area contributed by atoms with Gasteiger partial charge in [-0.25, -0.2) is 0 Å². The van der Waals surface area contributed by atoms with Crippen LogP contribution in [0.2, 0.25) is 0 Å². The van der Waals surface area contributed by atoms with Gasteiger partial charge in [0.05, 0.1) is 11.3 Å². The Morgan fingerprint density at radius 2 is 1.05 bits per heavy atom. The number of hydrogen-bond acceptors (Lipinski definition) is 3. The maximum absolute atomic E-state index is 7.38. The Morgan fingerprint density at radius 3 is 1.67 bits per heavy atom. The first kappa shape index (κ1) is 41.5. The van der Waals surface area contributed by atoms with Crippen LogP contribution in [0, 0.1) is 6.92 Å². The lowest BCUT2D eigenvalue weighted by Gasteiger charge is -2.44. The molecule has 2 aliphatic heterocycles. The zero-order valence-electron chi connectivity index (χ0n) is 40.3. The lowest BCUT2D eigenvalue weighted by Crippen LogP contribution is -2.61. The lowest BCUT2D eigenvalue weighted by molar-refractivity contribution is 0.332. The lowest BCUT2D eigenvalue weighted by atomic mass is 9.35. The number of benzene rings is 6. The predicted molar refractivity (Wildman–Crippen MR) is 272 cm³/mol. The Kier molecular flexibility index (Phi) is 9.07. The molecule has 10 rings (SSSR count). The van der Waals surface area contributed by atoms with Crippen LogP contribution in [-0.4, -0.2) is 6.71 Å². The average Bonchev–Trinajstić information content (AvgIpc) is 3.59. The van der Waals surface area contributed by atoms with E-state index in [1.54, 1.807) is 0 Å². The van der Waals surface area contributed by atoms with Crippen LogP contribution in [-0.2, 0) is 27.1 Å². The molecule has 0 saturated carbocycles. The summed E-state index contributed by atoms with van der Waals surface area (Å²) < 4.78 is 7.38.